The van der Waals surface area contributed by atoms with E-state index in [4.69, 9.17) is 21.1 Å². The molecule has 0 bridgehead atoms. The van der Waals surface area contributed by atoms with Crippen LogP contribution in [0.4, 0.5) is 10.5 Å². The monoisotopic (exact) mass is 432 g/mol. The number of halogens is 2. The number of ether oxygens (including phenoxy) is 2. The molecule has 1 fully saturated rings. The zero-order valence-electron chi connectivity index (χ0n) is 15.2. The molecule has 2 rings (SSSR count). The lowest BCUT2D eigenvalue weighted by Crippen LogP contribution is -2.37. The van der Waals surface area contributed by atoms with Crippen molar-refractivity contribution < 1.29 is 14.3 Å². The van der Waals surface area contributed by atoms with Crippen LogP contribution < -0.4 is 10.1 Å². The van der Waals surface area contributed by atoms with Crippen molar-refractivity contribution in [2.75, 3.05) is 25.5 Å². The van der Waals surface area contributed by atoms with Crippen LogP contribution in [0.2, 0.25) is 5.02 Å². The first-order valence-electron chi connectivity index (χ1n) is 8.47. The molecule has 0 aromatic heterocycles. The minimum absolute atomic E-state index is 0.240. The molecular weight excluding hydrogens is 408 g/mol. The summed E-state index contributed by atoms with van der Waals surface area (Å²) >= 11 is 9.64. The fourth-order valence-corrected chi connectivity index (χ4v) is 3.82. The molecule has 1 aromatic rings. The SMILES string of the molecule is COc1c(Br)cc(Cl)cc1NC1CCCN(C(=O)OC(C)(C)C)CC1. The van der Waals surface area contributed by atoms with Crippen molar-refractivity contribution in [3.8, 4) is 5.75 Å². The third-order valence-electron chi connectivity index (χ3n) is 3.95. The maximum atomic E-state index is 12.3. The molecule has 1 amide bonds. The smallest absolute Gasteiger partial charge is 0.410 e. The van der Waals surface area contributed by atoms with E-state index in [0.29, 0.717) is 18.1 Å². The third kappa shape index (κ3) is 5.96. The van der Waals surface area contributed by atoms with E-state index in [1.165, 1.54) is 0 Å². The second-order valence-electron chi connectivity index (χ2n) is 7.21. The summed E-state index contributed by atoms with van der Waals surface area (Å²) in [4.78, 5) is 14.1. The van der Waals surface area contributed by atoms with Crippen LogP contribution >= 0.6 is 27.5 Å². The Morgan fingerprint density at radius 3 is 2.68 bits per heavy atom. The molecule has 0 aliphatic carbocycles. The highest BCUT2D eigenvalue weighted by Crippen LogP contribution is 2.37. The molecule has 0 radical (unpaired) electrons. The van der Waals surface area contributed by atoms with Crippen molar-refractivity contribution in [3.05, 3.63) is 21.6 Å². The third-order valence-corrected chi connectivity index (χ3v) is 4.76. The molecule has 140 valence electrons. The molecule has 1 aliphatic rings. The fourth-order valence-electron chi connectivity index (χ4n) is 2.84. The Labute approximate surface area is 163 Å². The molecule has 1 aromatic carbocycles. The van der Waals surface area contributed by atoms with Crippen LogP contribution in [-0.4, -0.2) is 42.8 Å². The number of methoxy groups -OCH3 is 1. The van der Waals surface area contributed by atoms with E-state index in [-0.39, 0.29) is 12.1 Å². The molecule has 1 atom stereocenters. The minimum atomic E-state index is -0.471. The summed E-state index contributed by atoms with van der Waals surface area (Å²) in [7, 11) is 1.64. The zero-order valence-corrected chi connectivity index (χ0v) is 17.5. The van der Waals surface area contributed by atoms with Gasteiger partial charge in [0.1, 0.15) is 5.60 Å². The normalized spacial score (nSPS) is 18.5. The summed E-state index contributed by atoms with van der Waals surface area (Å²) in [5.74, 6) is 0.734. The lowest BCUT2D eigenvalue weighted by molar-refractivity contribution is 0.0256. The highest BCUT2D eigenvalue weighted by Gasteiger charge is 2.25. The second-order valence-corrected chi connectivity index (χ2v) is 8.50. The summed E-state index contributed by atoms with van der Waals surface area (Å²) in [6.45, 7) is 7.03. The summed E-state index contributed by atoms with van der Waals surface area (Å²) in [5.41, 5.74) is 0.388. The number of hydrogen-bond acceptors (Lipinski definition) is 4. The van der Waals surface area contributed by atoms with Crippen LogP contribution in [0.1, 0.15) is 40.0 Å². The summed E-state index contributed by atoms with van der Waals surface area (Å²) < 4.78 is 11.8. The topological polar surface area (TPSA) is 50.8 Å². The zero-order chi connectivity index (χ0) is 18.6. The van der Waals surface area contributed by atoms with E-state index in [0.717, 1.165) is 35.2 Å². The van der Waals surface area contributed by atoms with Crippen molar-refractivity contribution in [1.29, 1.82) is 0 Å². The predicted octanol–water partition coefficient (Wildman–Crippen LogP) is 5.31. The van der Waals surface area contributed by atoms with Crippen molar-refractivity contribution >= 4 is 39.3 Å². The lowest BCUT2D eigenvalue weighted by atomic mass is 10.1. The van der Waals surface area contributed by atoms with Crippen molar-refractivity contribution in [3.63, 3.8) is 0 Å². The van der Waals surface area contributed by atoms with Crippen LogP contribution in [-0.2, 0) is 4.74 Å². The predicted molar refractivity (Wildman–Crippen MR) is 105 cm³/mol. The highest BCUT2D eigenvalue weighted by atomic mass is 79.9. The summed E-state index contributed by atoms with van der Waals surface area (Å²) in [6, 6.07) is 3.91. The highest BCUT2D eigenvalue weighted by molar-refractivity contribution is 9.10. The quantitative estimate of drug-likeness (QED) is 0.701. The minimum Gasteiger partial charge on any atom is -0.493 e. The number of hydrogen-bond donors (Lipinski definition) is 1. The molecule has 7 heteroatoms. The van der Waals surface area contributed by atoms with Gasteiger partial charge in [0, 0.05) is 24.2 Å². The summed E-state index contributed by atoms with van der Waals surface area (Å²) in [6.07, 6.45) is 2.48. The number of benzene rings is 1. The van der Waals surface area contributed by atoms with E-state index in [2.05, 4.69) is 21.2 Å². The first-order chi connectivity index (χ1) is 11.7. The van der Waals surface area contributed by atoms with Crippen molar-refractivity contribution in [2.24, 2.45) is 0 Å². The Morgan fingerprint density at radius 2 is 2.04 bits per heavy atom. The Hall–Kier alpha value is -1.14. The van der Waals surface area contributed by atoms with Gasteiger partial charge in [-0.05, 0) is 68.1 Å². The van der Waals surface area contributed by atoms with Gasteiger partial charge >= 0.3 is 6.09 Å². The number of amides is 1. The summed E-state index contributed by atoms with van der Waals surface area (Å²) in [5, 5.41) is 4.15. The molecule has 1 saturated heterocycles. The molecule has 1 aliphatic heterocycles. The number of anilines is 1. The first-order valence-corrected chi connectivity index (χ1v) is 9.64. The molecule has 25 heavy (non-hydrogen) atoms. The maximum absolute atomic E-state index is 12.3. The number of likely N-dealkylation sites (tertiary alicyclic amines) is 1. The van der Waals surface area contributed by atoms with E-state index in [1.807, 2.05) is 32.9 Å². The van der Waals surface area contributed by atoms with Gasteiger partial charge < -0.3 is 19.7 Å². The van der Waals surface area contributed by atoms with Gasteiger partial charge in [0.15, 0.2) is 5.75 Å². The average molecular weight is 434 g/mol. The van der Waals surface area contributed by atoms with Crippen LogP contribution in [0.15, 0.2) is 16.6 Å². The number of rotatable bonds is 3. The van der Waals surface area contributed by atoms with Crippen molar-refractivity contribution in [2.45, 2.75) is 51.7 Å². The van der Waals surface area contributed by atoms with Gasteiger partial charge in [-0.15, -0.1) is 0 Å². The maximum Gasteiger partial charge on any atom is 0.410 e. The number of carbonyl (C=O) groups is 1. The Morgan fingerprint density at radius 1 is 1.32 bits per heavy atom. The molecule has 1 N–H and O–H groups in total. The Bertz CT molecular complexity index is 619. The van der Waals surface area contributed by atoms with Gasteiger partial charge in [-0.2, -0.15) is 0 Å². The van der Waals surface area contributed by atoms with Crippen LogP contribution in [0.5, 0.6) is 5.75 Å². The number of nitrogens with zero attached hydrogens (tertiary/aromatic N) is 1. The van der Waals surface area contributed by atoms with E-state index in [9.17, 15) is 4.79 Å². The molecule has 0 saturated carbocycles. The van der Waals surface area contributed by atoms with E-state index >= 15 is 0 Å². The van der Waals surface area contributed by atoms with Crippen LogP contribution in [0, 0.1) is 0 Å². The number of nitrogens with one attached hydrogen (secondary N) is 1. The van der Waals surface area contributed by atoms with Gasteiger partial charge in [0.05, 0.1) is 17.3 Å². The molecule has 5 nitrogen and oxygen atoms in total. The van der Waals surface area contributed by atoms with Gasteiger partial charge in [-0.25, -0.2) is 4.79 Å². The molecule has 0 spiro atoms. The van der Waals surface area contributed by atoms with Crippen molar-refractivity contribution in [1.82, 2.24) is 4.90 Å². The van der Waals surface area contributed by atoms with Gasteiger partial charge in [-0.1, -0.05) is 11.6 Å². The second kappa shape index (κ2) is 8.49. The molecular formula is C18H26BrClN2O3. The van der Waals surface area contributed by atoms with Crippen LogP contribution in [0.3, 0.4) is 0 Å². The number of carbonyl (C=O) groups excluding carboxylic acids is 1. The average Bonchev–Trinajstić information content (AvgIpc) is 2.71. The lowest BCUT2D eigenvalue weighted by Gasteiger charge is -2.26. The molecule has 1 heterocycles. The van der Waals surface area contributed by atoms with Gasteiger partial charge in [0.2, 0.25) is 0 Å². The Kier molecular flexibility index (Phi) is 6.86. The Balaban J connectivity index is 2.01. The largest absolute Gasteiger partial charge is 0.493 e. The molecule has 1 unspecified atom stereocenters. The van der Waals surface area contributed by atoms with Crippen LogP contribution in [0.25, 0.3) is 0 Å². The van der Waals surface area contributed by atoms with Gasteiger partial charge in [0.25, 0.3) is 0 Å². The van der Waals surface area contributed by atoms with Gasteiger partial charge in [-0.3, -0.25) is 0 Å². The fraction of sp³-hybridized carbons (Fsp3) is 0.611. The standard InChI is InChI=1S/C18H26BrClN2O3/c1-18(2,3)25-17(23)22-8-5-6-13(7-9-22)21-15-11-12(20)10-14(19)16(15)24-4/h10-11,13,21H,5-9H2,1-4H3. The first kappa shape index (κ1) is 20.2. The van der Waals surface area contributed by atoms with E-state index in [1.54, 1.807) is 12.0 Å². The van der Waals surface area contributed by atoms with E-state index < -0.39 is 5.60 Å².